The van der Waals surface area contributed by atoms with Gasteiger partial charge in [-0.15, -0.1) is 0 Å². The van der Waals surface area contributed by atoms with Gasteiger partial charge >= 0.3 is 0 Å². The number of halogens is 3. The van der Waals surface area contributed by atoms with Crippen molar-refractivity contribution in [3.8, 4) is 0 Å². The average Bonchev–Trinajstić information content (AvgIpc) is 2.69. The summed E-state index contributed by atoms with van der Waals surface area (Å²) < 4.78 is 15.0. The average molecular weight is 363 g/mol. The molecule has 4 heteroatoms. The lowest BCUT2D eigenvalue weighted by Crippen LogP contribution is -2.29. The number of benzene rings is 1. The Morgan fingerprint density at radius 2 is 1.95 bits per heavy atom. The first-order valence-corrected chi connectivity index (χ1v) is 8.68. The van der Waals surface area contributed by atoms with E-state index in [4.69, 9.17) is 11.6 Å². The molecule has 1 saturated carbocycles. The van der Waals surface area contributed by atoms with Crippen LogP contribution in [0.1, 0.15) is 57.1 Å². The van der Waals surface area contributed by atoms with Gasteiger partial charge < -0.3 is 5.32 Å². The van der Waals surface area contributed by atoms with E-state index in [9.17, 15) is 4.39 Å². The monoisotopic (exact) mass is 361 g/mol. The highest BCUT2D eigenvalue weighted by Crippen LogP contribution is 2.37. The summed E-state index contributed by atoms with van der Waals surface area (Å²) in [7, 11) is 0. The van der Waals surface area contributed by atoms with Gasteiger partial charge in [-0.1, -0.05) is 44.2 Å². The van der Waals surface area contributed by atoms with Crippen LogP contribution < -0.4 is 5.32 Å². The molecule has 0 aliphatic heterocycles. The van der Waals surface area contributed by atoms with E-state index in [1.807, 2.05) is 0 Å². The second-order valence-corrected chi connectivity index (χ2v) is 6.84. The molecule has 0 bridgehead atoms. The molecule has 20 heavy (non-hydrogen) atoms. The van der Waals surface area contributed by atoms with Gasteiger partial charge in [-0.3, -0.25) is 0 Å². The molecule has 1 aromatic carbocycles. The van der Waals surface area contributed by atoms with E-state index in [-0.39, 0.29) is 11.9 Å². The molecule has 0 spiro atoms. The zero-order valence-electron chi connectivity index (χ0n) is 11.9. The fourth-order valence-corrected chi connectivity index (χ4v) is 3.66. The summed E-state index contributed by atoms with van der Waals surface area (Å²) in [4.78, 5) is 0. The lowest BCUT2D eigenvalue weighted by molar-refractivity contribution is 0.322. The summed E-state index contributed by atoms with van der Waals surface area (Å²) in [6, 6.07) is 3.33. The van der Waals surface area contributed by atoms with E-state index in [0.717, 1.165) is 6.54 Å². The lowest BCUT2D eigenvalue weighted by Gasteiger charge is -2.28. The molecule has 1 unspecified atom stereocenters. The fourth-order valence-electron chi connectivity index (χ4n) is 3.17. The second-order valence-electron chi connectivity index (χ2n) is 5.57. The summed E-state index contributed by atoms with van der Waals surface area (Å²) in [5.41, 5.74) is 0.715. The Bertz CT molecular complexity index is 444. The number of nitrogens with one attached hydrogen (secondary N) is 1. The minimum absolute atomic E-state index is 0.0729. The van der Waals surface area contributed by atoms with Crippen molar-refractivity contribution in [1.82, 2.24) is 5.32 Å². The van der Waals surface area contributed by atoms with Gasteiger partial charge in [0.1, 0.15) is 5.82 Å². The Hall–Kier alpha value is -0.120. The third-order valence-corrected chi connectivity index (χ3v) is 5.37. The maximum Gasteiger partial charge on any atom is 0.129 e. The van der Waals surface area contributed by atoms with Crippen molar-refractivity contribution in [2.75, 3.05) is 6.54 Å². The molecule has 2 rings (SSSR count). The molecule has 1 aliphatic rings. The van der Waals surface area contributed by atoms with Crippen molar-refractivity contribution in [1.29, 1.82) is 0 Å². The van der Waals surface area contributed by atoms with Gasteiger partial charge in [-0.25, -0.2) is 4.39 Å². The van der Waals surface area contributed by atoms with E-state index in [1.165, 1.54) is 44.6 Å². The fraction of sp³-hybridized carbons (Fsp3) is 0.625. The minimum atomic E-state index is -0.170. The molecule has 0 aromatic heterocycles. The SMILES string of the molecule is CCNC(c1cc(Cl)c(Br)cc1F)C1CCCCCC1. The molecule has 0 saturated heterocycles. The van der Waals surface area contributed by atoms with Gasteiger partial charge in [-0.05, 0) is 53.4 Å². The molecular formula is C16H22BrClFN. The predicted octanol–water partition coefficient (Wildman–Crippen LogP) is 5.86. The van der Waals surface area contributed by atoms with Crippen LogP contribution in [0.3, 0.4) is 0 Å². The minimum Gasteiger partial charge on any atom is -0.310 e. The van der Waals surface area contributed by atoms with E-state index >= 15 is 0 Å². The molecule has 1 nitrogen and oxygen atoms in total. The Balaban J connectivity index is 2.29. The lowest BCUT2D eigenvalue weighted by atomic mass is 9.87. The summed E-state index contributed by atoms with van der Waals surface area (Å²) >= 11 is 9.44. The highest BCUT2D eigenvalue weighted by atomic mass is 79.9. The Morgan fingerprint density at radius 1 is 1.30 bits per heavy atom. The quantitative estimate of drug-likeness (QED) is 0.522. The Kier molecular flexibility index (Phi) is 6.31. The van der Waals surface area contributed by atoms with Crippen LogP contribution >= 0.6 is 27.5 Å². The zero-order chi connectivity index (χ0) is 14.5. The predicted molar refractivity (Wildman–Crippen MR) is 86.7 cm³/mol. The molecule has 112 valence electrons. The van der Waals surface area contributed by atoms with E-state index in [2.05, 4.69) is 28.2 Å². The molecule has 0 heterocycles. The third-order valence-electron chi connectivity index (χ3n) is 4.17. The molecule has 1 aromatic rings. The maximum atomic E-state index is 14.3. The number of hydrogen-bond acceptors (Lipinski definition) is 1. The molecule has 0 radical (unpaired) electrons. The van der Waals surface area contributed by atoms with Crippen LogP contribution in [0.2, 0.25) is 5.02 Å². The van der Waals surface area contributed by atoms with Crippen LogP contribution in [0.15, 0.2) is 16.6 Å². The first-order chi connectivity index (χ1) is 9.63. The molecule has 1 fully saturated rings. The largest absolute Gasteiger partial charge is 0.310 e. The smallest absolute Gasteiger partial charge is 0.129 e. The van der Waals surface area contributed by atoms with E-state index < -0.39 is 0 Å². The van der Waals surface area contributed by atoms with Crippen LogP contribution in [0.25, 0.3) is 0 Å². The van der Waals surface area contributed by atoms with Gasteiger partial charge in [0.25, 0.3) is 0 Å². The van der Waals surface area contributed by atoms with Crippen molar-refractivity contribution in [3.05, 3.63) is 33.0 Å². The highest BCUT2D eigenvalue weighted by molar-refractivity contribution is 9.10. The van der Waals surface area contributed by atoms with Crippen LogP contribution in [-0.4, -0.2) is 6.54 Å². The van der Waals surface area contributed by atoms with Gasteiger partial charge in [0.2, 0.25) is 0 Å². The third kappa shape index (κ3) is 3.96. The Morgan fingerprint density at radius 3 is 2.55 bits per heavy atom. The van der Waals surface area contributed by atoms with Crippen molar-refractivity contribution in [2.24, 2.45) is 5.92 Å². The molecule has 0 amide bonds. The molecule has 1 atom stereocenters. The maximum absolute atomic E-state index is 14.3. The highest BCUT2D eigenvalue weighted by Gasteiger charge is 2.26. The van der Waals surface area contributed by atoms with Crippen LogP contribution in [0.5, 0.6) is 0 Å². The first-order valence-electron chi connectivity index (χ1n) is 7.51. The first kappa shape index (κ1) is 16.3. The second kappa shape index (κ2) is 7.77. The van der Waals surface area contributed by atoms with E-state index in [1.54, 1.807) is 6.07 Å². The summed E-state index contributed by atoms with van der Waals surface area (Å²) in [6.07, 6.45) is 7.45. The normalized spacial score (nSPS) is 18.8. The number of hydrogen-bond donors (Lipinski definition) is 1. The van der Waals surface area contributed by atoms with Gasteiger partial charge in [0.05, 0.1) is 5.02 Å². The van der Waals surface area contributed by atoms with Crippen molar-refractivity contribution < 1.29 is 4.39 Å². The Labute approximate surface area is 134 Å². The standard InChI is InChI=1S/C16H22BrClFN/c1-2-20-16(11-7-5-3-4-6-8-11)12-9-14(18)13(17)10-15(12)19/h9-11,16,20H,2-8H2,1H3. The zero-order valence-corrected chi connectivity index (χ0v) is 14.2. The van der Waals surface area contributed by atoms with Gasteiger partial charge in [-0.2, -0.15) is 0 Å². The molecule has 1 N–H and O–H groups in total. The van der Waals surface area contributed by atoms with Crippen LogP contribution in [0, 0.1) is 11.7 Å². The molecular weight excluding hydrogens is 341 g/mol. The van der Waals surface area contributed by atoms with Crippen molar-refractivity contribution in [2.45, 2.75) is 51.5 Å². The number of rotatable bonds is 4. The van der Waals surface area contributed by atoms with Crippen molar-refractivity contribution >= 4 is 27.5 Å². The van der Waals surface area contributed by atoms with Gasteiger partial charge in [0, 0.05) is 16.1 Å². The van der Waals surface area contributed by atoms with Crippen LogP contribution in [-0.2, 0) is 0 Å². The summed E-state index contributed by atoms with van der Waals surface area (Å²) in [5, 5.41) is 4.05. The summed E-state index contributed by atoms with van der Waals surface area (Å²) in [5.74, 6) is 0.334. The topological polar surface area (TPSA) is 12.0 Å². The van der Waals surface area contributed by atoms with E-state index in [0.29, 0.717) is 21.0 Å². The molecule has 1 aliphatic carbocycles. The van der Waals surface area contributed by atoms with Gasteiger partial charge in [0.15, 0.2) is 0 Å². The van der Waals surface area contributed by atoms with Crippen LogP contribution in [0.4, 0.5) is 4.39 Å². The van der Waals surface area contributed by atoms with Crippen molar-refractivity contribution in [3.63, 3.8) is 0 Å². The summed E-state index contributed by atoms with van der Waals surface area (Å²) in [6.45, 7) is 2.91.